The summed E-state index contributed by atoms with van der Waals surface area (Å²) >= 11 is 1.23. The van der Waals surface area contributed by atoms with E-state index < -0.39 is 17.2 Å². The molecule has 0 aliphatic rings. The highest BCUT2D eigenvalue weighted by atomic mass is 32.1. The van der Waals surface area contributed by atoms with E-state index in [0.717, 1.165) is 15.7 Å². The van der Waals surface area contributed by atoms with Gasteiger partial charge in [0.05, 0.1) is 11.2 Å². The van der Waals surface area contributed by atoms with Crippen molar-refractivity contribution in [1.29, 1.82) is 0 Å². The zero-order valence-electron chi connectivity index (χ0n) is 18.3. The number of hydrogen-bond donors (Lipinski definition) is 2. The van der Waals surface area contributed by atoms with Crippen LogP contribution >= 0.6 is 11.3 Å². The number of nitrogens with zero attached hydrogens (tertiary/aromatic N) is 2. The number of benzene rings is 2. The minimum atomic E-state index is -0.582. The van der Waals surface area contributed by atoms with Crippen molar-refractivity contribution in [3.8, 4) is 5.69 Å². The van der Waals surface area contributed by atoms with Crippen LogP contribution in [0.4, 0.5) is 11.4 Å². The van der Waals surface area contributed by atoms with Gasteiger partial charge in [0.15, 0.2) is 0 Å². The van der Waals surface area contributed by atoms with Gasteiger partial charge in [0.25, 0.3) is 5.56 Å². The van der Waals surface area contributed by atoms with Gasteiger partial charge in [-0.3, -0.25) is 19.0 Å². The van der Waals surface area contributed by atoms with Crippen molar-refractivity contribution in [2.75, 3.05) is 10.6 Å². The minimum absolute atomic E-state index is 0.224. The first-order valence-corrected chi connectivity index (χ1v) is 11.1. The Hall–Kier alpha value is -3.98. The lowest BCUT2D eigenvalue weighted by atomic mass is 10.1. The van der Waals surface area contributed by atoms with Gasteiger partial charge in [-0.25, -0.2) is 9.36 Å². The third-order valence-corrected chi connectivity index (χ3v) is 6.23. The predicted molar refractivity (Wildman–Crippen MR) is 131 cm³/mol. The molecule has 0 aliphatic carbocycles. The Labute approximate surface area is 193 Å². The first-order chi connectivity index (χ1) is 15.8. The number of aryl methyl sites for hydroxylation is 1. The van der Waals surface area contributed by atoms with Crippen molar-refractivity contribution in [3.05, 3.63) is 85.9 Å². The highest BCUT2D eigenvalue weighted by Gasteiger charge is 2.19. The number of amides is 2. The van der Waals surface area contributed by atoms with Crippen LogP contribution in [0.15, 0.2) is 63.5 Å². The fraction of sp³-hybridized carbons (Fsp3) is 0.167. The summed E-state index contributed by atoms with van der Waals surface area (Å²) in [4.78, 5) is 50.7. The van der Waals surface area contributed by atoms with E-state index in [4.69, 9.17) is 0 Å². The summed E-state index contributed by atoms with van der Waals surface area (Å²) in [7, 11) is 0. The molecule has 0 radical (unpaired) electrons. The molecule has 0 bridgehead atoms. The summed E-state index contributed by atoms with van der Waals surface area (Å²) in [6, 6.07) is 13.8. The molecule has 2 aromatic carbocycles. The molecule has 0 atom stereocenters. The molecular formula is C24H22N4O4S. The van der Waals surface area contributed by atoms with Crippen LogP contribution in [0.3, 0.4) is 0 Å². The number of carbonyl (C=O) groups excluding carboxylic acids is 2. The molecule has 2 aromatic heterocycles. The zero-order chi connectivity index (χ0) is 23.7. The topological polar surface area (TPSA) is 102 Å². The van der Waals surface area contributed by atoms with E-state index in [0.29, 0.717) is 27.3 Å². The van der Waals surface area contributed by atoms with Crippen molar-refractivity contribution in [2.24, 2.45) is 0 Å². The van der Waals surface area contributed by atoms with Crippen molar-refractivity contribution in [1.82, 2.24) is 9.13 Å². The summed E-state index contributed by atoms with van der Waals surface area (Å²) in [6.07, 6.45) is 0. The molecule has 0 saturated heterocycles. The molecule has 168 valence electrons. The molecule has 0 spiro atoms. The molecule has 2 amide bonds. The van der Waals surface area contributed by atoms with E-state index in [1.54, 1.807) is 47.8 Å². The van der Waals surface area contributed by atoms with Crippen LogP contribution in [-0.4, -0.2) is 20.9 Å². The Morgan fingerprint density at radius 1 is 0.970 bits per heavy atom. The van der Waals surface area contributed by atoms with Gasteiger partial charge in [-0.1, -0.05) is 18.2 Å². The molecule has 0 saturated carbocycles. The molecule has 0 unspecified atom stereocenters. The number of fused-ring (bicyclic) bond motifs is 1. The largest absolute Gasteiger partial charge is 0.336 e. The lowest BCUT2D eigenvalue weighted by Crippen LogP contribution is -2.40. The smallest absolute Gasteiger partial charge is 0.326 e. The second-order valence-electron chi connectivity index (χ2n) is 7.67. The number of nitrogens with one attached hydrogen (secondary N) is 2. The Morgan fingerprint density at radius 2 is 1.67 bits per heavy atom. The number of aromatic nitrogens is 2. The van der Waals surface area contributed by atoms with Crippen LogP contribution in [0.1, 0.15) is 18.1 Å². The fourth-order valence-electron chi connectivity index (χ4n) is 3.65. The summed E-state index contributed by atoms with van der Waals surface area (Å²) in [5.74, 6) is -0.658. The van der Waals surface area contributed by atoms with Crippen LogP contribution in [0.25, 0.3) is 15.9 Å². The Morgan fingerprint density at radius 3 is 2.39 bits per heavy atom. The number of rotatable bonds is 5. The van der Waals surface area contributed by atoms with Gasteiger partial charge in [-0.15, -0.1) is 11.3 Å². The quantitative estimate of drug-likeness (QED) is 0.474. The molecule has 33 heavy (non-hydrogen) atoms. The first kappa shape index (κ1) is 22.2. The number of anilines is 2. The molecule has 9 heteroatoms. The molecule has 8 nitrogen and oxygen atoms in total. The predicted octanol–water partition coefficient (Wildman–Crippen LogP) is 3.43. The molecule has 4 rings (SSSR count). The van der Waals surface area contributed by atoms with Crippen LogP contribution in [0, 0.1) is 13.8 Å². The van der Waals surface area contributed by atoms with Crippen LogP contribution < -0.4 is 21.9 Å². The summed E-state index contributed by atoms with van der Waals surface area (Å²) < 4.78 is 2.84. The fourth-order valence-corrected chi connectivity index (χ4v) is 4.48. The lowest BCUT2D eigenvalue weighted by Gasteiger charge is -2.15. The van der Waals surface area contributed by atoms with E-state index in [2.05, 4.69) is 10.6 Å². The summed E-state index contributed by atoms with van der Waals surface area (Å²) in [5, 5.41) is 7.13. The summed E-state index contributed by atoms with van der Waals surface area (Å²) in [6.45, 7) is 4.89. The lowest BCUT2D eigenvalue weighted by molar-refractivity contribution is -0.117. The standard InChI is InChI=1S/C24H22N4O4S/c1-14-6-4-9-19(15(14)2)28-23(31)22-20(10-11-33-22)27(24(28)32)13-21(30)26-18-8-5-7-17(12-18)25-16(3)29/h4-12H,13H2,1-3H3,(H,25,29)(H,26,30). The van der Waals surface area contributed by atoms with E-state index in [-0.39, 0.29) is 12.5 Å². The van der Waals surface area contributed by atoms with Crippen molar-refractivity contribution in [3.63, 3.8) is 0 Å². The minimum Gasteiger partial charge on any atom is -0.326 e. The van der Waals surface area contributed by atoms with Gasteiger partial charge in [-0.05, 0) is 60.7 Å². The maximum absolute atomic E-state index is 13.4. The highest BCUT2D eigenvalue weighted by molar-refractivity contribution is 7.17. The van der Waals surface area contributed by atoms with E-state index in [1.807, 2.05) is 19.9 Å². The van der Waals surface area contributed by atoms with Gasteiger partial charge < -0.3 is 10.6 Å². The molecular weight excluding hydrogens is 440 g/mol. The number of carbonyl (C=O) groups is 2. The van der Waals surface area contributed by atoms with Gasteiger partial charge >= 0.3 is 5.69 Å². The Bertz CT molecular complexity index is 1510. The normalized spacial score (nSPS) is 10.9. The van der Waals surface area contributed by atoms with Crippen LogP contribution in [-0.2, 0) is 16.1 Å². The average Bonchev–Trinajstić information content (AvgIpc) is 3.24. The Balaban J connectivity index is 1.74. The zero-order valence-corrected chi connectivity index (χ0v) is 19.2. The molecule has 0 fully saturated rings. The van der Waals surface area contributed by atoms with E-state index >= 15 is 0 Å². The number of hydrogen-bond acceptors (Lipinski definition) is 5. The monoisotopic (exact) mass is 462 g/mol. The van der Waals surface area contributed by atoms with Gasteiger partial charge in [0, 0.05) is 18.3 Å². The highest BCUT2D eigenvalue weighted by Crippen LogP contribution is 2.20. The first-order valence-electron chi connectivity index (χ1n) is 10.2. The summed E-state index contributed by atoms with van der Waals surface area (Å²) in [5.41, 5.74) is 2.72. The van der Waals surface area contributed by atoms with Gasteiger partial charge in [0.2, 0.25) is 11.8 Å². The number of thiophene rings is 1. The Kier molecular flexibility index (Phi) is 5.97. The second kappa shape index (κ2) is 8.87. The molecule has 2 heterocycles. The van der Waals surface area contributed by atoms with Crippen LogP contribution in [0.2, 0.25) is 0 Å². The van der Waals surface area contributed by atoms with Crippen molar-refractivity contribution in [2.45, 2.75) is 27.3 Å². The third-order valence-electron chi connectivity index (χ3n) is 5.34. The van der Waals surface area contributed by atoms with E-state index in [9.17, 15) is 19.2 Å². The van der Waals surface area contributed by atoms with E-state index in [1.165, 1.54) is 22.8 Å². The molecule has 2 N–H and O–H groups in total. The van der Waals surface area contributed by atoms with Crippen molar-refractivity contribution >= 4 is 44.7 Å². The molecule has 4 aromatic rings. The second-order valence-corrected chi connectivity index (χ2v) is 8.59. The van der Waals surface area contributed by atoms with Crippen molar-refractivity contribution < 1.29 is 9.59 Å². The third kappa shape index (κ3) is 4.35. The SMILES string of the molecule is CC(=O)Nc1cccc(NC(=O)Cn2c(=O)n(-c3cccc(C)c3C)c(=O)c3sccc32)c1. The van der Waals surface area contributed by atoms with Gasteiger partial charge in [0.1, 0.15) is 11.2 Å². The van der Waals surface area contributed by atoms with Gasteiger partial charge in [-0.2, -0.15) is 0 Å². The molecule has 0 aliphatic heterocycles. The average molecular weight is 463 g/mol. The maximum atomic E-state index is 13.4. The van der Waals surface area contributed by atoms with Crippen LogP contribution in [0.5, 0.6) is 0 Å². The maximum Gasteiger partial charge on any atom is 0.336 e.